The number of hydrogen-bond acceptors (Lipinski definition) is 3. The number of aromatic amines is 1. The molecule has 6 heteroatoms. The summed E-state index contributed by atoms with van der Waals surface area (Å²) in [6.45, 7) is 4.80. The van der Waals surface area contributed by atoms with Crippen molar-refractivity contribution in [1.29, 1.82) is 0 Å². The number of benzene rings is 2. The fraction of sp³-hybridized carbons (Fsp3) is 0.261. The zero-order valence-electron chi connectivity index (χ0n) is 16.7. The van der Waals surface area contributed by atoms with Crippen LogP contribution in [0.1, 0.15) is 33.8 Å². The molecule has 0 radical (unpaired) electrons. The number of carbonyl (C=O) groups is 1. The molecule has 2 heterocycles. The number of H-pyrrole nitrogens is 1. The summed E-state index contributed by atoms with van der Waals surface area (Å²) in [5, 5.41) is 2.93. The van der Waals surface area contributed by atoms with Crippen LogP contribution in [0.2, 0.25) is 0 Å². The molecule has 2 aromatic carbocycles. The van der Waals surface area contributed by atoms with Crippen molar-refractivity contribution < 1.29 is 4.79 Å². The highest BCUT2D eigenvalue weighted by Gasteiger charge is 2.25. The van der Waals surface area contributed by atoms with Gasteiger partial charge < -0.3 is 15.2 Å². The lowest BCUT2D eigenvalue weighted by molar-refractivity contribution is 0.205. The number of nitrogens with one attached hydrogen (secondary N) is 2. The largest absolute Gasteiger partial charge is 0.322 e. The monoisotopic (exact) mass is 388 g/mol. The van der Waals surface area contributed by atoms with Crippen LogP contribution >= 0.6 is 0 Å². The van der Waals surface area contributed by atoms with Crippen molar-refractivity contribution in [2.75, 3.05) is 11.9 Å². The van der Waals surface area contributed by atoms with Gasteiger partial charge in [-0.1, -0.05) is 42.5 Å². The van der Waals surface area contributed by atoms with Crippen LogP contribution in [-0.4, -0.2) is 27.4 Å². The summed E-state index contributed by atoms with van der Waals surface area (Å²) in [7, 11) is 0. The van der Waals surface area contributed by atoms with E-state index in [9.17, 15) is 9.59 Å². The maximum Gasteiger partial charge on any atom is 0.322 e. The average molecular weight is 388 g/mol. The zero-order valence-corrected chi connectivity index (χ0v) is 16.7. The highest BCUT2D eigenvalue weighted by atomic mass is 16.2. The molecule has 3 aromatic rings. The summed E-state index contributed by atoms with van der Waals surface area (Å²) in [5.41, 5.74) is 5.30. The SMILES string of the molecule is Cc1ccccc1Cc1nc2c(c(=O)[nH]1)CN(C(=O)Nc1ccccc1C)CC2. The van der Waals surface area contributed by atoms with Gasteiger partial charge >= 0.3 is 6.03 Å². The Morgan fingerprint density at radius 3 is 2.59 bits per heavy atom. The third-order valence-electron chi connectivity index (χ3n) is 5.41. The van der Waals surface area contributed by atoms with Crippen LogP contribution in [0, 0.1) is 13.8 Å². The third-order valence-corrected chi connectivity index (χ3v) is 5.41. The van der Waals surface area contributed by atoms with Crippen molar-refractivity contribution in [2.24, 2.45) is 0 Å². The minimum absolute atomic E-state index is 0.160. The molecule has 4 rings (SSSR count). The first-order chi connectivity index (χ1) is 14.0. The molecule has 0 atom stereocenters. The molecular weight excluding hydrogens is 364 g/mol. The Balaban J connectivity index is 1.51. The molecule has 0 aliphatic carbocycles. The molecule has 0 fully saturated rings. The molecule has 0 spiro atoms. The molecular formula is C23H24N4O2. The average Bonchev–Trinajstić information content (AvgIpc) is 2.71. The predicted molar refractivity (Wildman–Crippen MR) is 113 cm³/mol. The van der Waals surface area contributed by atoms with Gasteiger partial charge in [-0.25, -0.2) is 9.78 Å². The van der Waals surface area contributed by atoms with Gasteiger partial charge in [-0.05, 0) is 36.6 Å². The Morgan fingerprint density at radius 1 is 1.10 bits per heavy atom. The Kier molecular flexibility index (Phi) is 5.16. The van der Waals surface area contributed by atoms with E-state index in [-0.39, 0.29) is 18.1 Å². The molecule has 2 N–H and O–H groups in total. The standard InChI is InChI=1S/C23H24N4O2/c1-15-7-3-5-9-17(15)13-21-24-20-11-12-27(14-18(20)22(28)26-21)23(29)25-19-10-6-4-8-16(19)2/h3-10H,11-14H2,1-2H3,(H,25,29)(H,24,26,28). The van der Waals surface area contributed by atoms with Gasteiger partial charge in [0.25, 0.3) is 5.56 Å². The van der Waals surface area contributed by atoms with E-state index in [1.807, 2.05) is 49.4 Å². The summed E-state index contributed by atoms with van der Waals surface area (Å²) in [4.78, 5) is 34.6. The Morgan fingerprint density at radius 2 is 1.83 bits per heavy atom. The van der Waals surface area contributed by atoms with Gasteiger partial charge in [-0.15, -0.1) is 0 Å². The normalized spacial score (nSPS) is 13.1. The number of aryl methyl sites for hydroxylation is 2. The highest BCUT2D eigenvalue weighted by Crippen LogP contribution is 2.19. The van der Waals surface area contributed by atoms with Gasteiger partial charge in [0.05, 0.1) is 17.8 Å². The minimum Gasteiger partial charge on any atom is -0.320 e. The van der Waals surface area contributed by atoms with E-state index >= 15 is 0 Å². The van der Waals surface area contributed by atoms with Gasteiger partial charge in [0.1, 0.15) is 5.82 Å². The predicted octanol–water partition coefficient (Wildman–Crippen LogP) is 3.57. The summed E-state index contributed by atoms with van der Waals surface area (Å²) in [5.74, 6) is 0.667. The first-order valence-electron chi connectivity index (χ1n) is 9.78. The third kappa shape index (κ3) is 4.06. The number of para-hydroxylation sites is 1. The van der Waals surface area contributed by atoms with Gasteiger partial charge in [-0.2, -0.15) is 0 Å². The van der Waals surface area contributed by atoms with Crippen molar-refractivity contribution in [3.05, 3.63) is 92.7 Å². The molecule has 1 aliphatic rings. The molecule has 1 aliphatic heterocycles. The van der Waals surface area contributed by atoms with Crippen LogP contribution in [0.5, 0.6) is 0 Å². The van der Waals surface area contributed by atoms with E-state index in [2.05, 4.69) is 28.3 Å². The van der Waals surface area contributed by atoms with E-state index in [0.717, 1.165) is 22.5 Å². The first-order valence-corrected chi connectivity index (χ1v) is 9.78. The number of carbonyl (C=O) groups excluding carboxylic acids is 1. The molecule has 0 bridgehead atoms. The lowest BCUT2D eigenvalue weighted by Crippen LogP contribution is -2.42. The summed E-state index contributed by atoms with van der Waals surface area (Å²) in [6.07, 6.45) is 1.16. The minimum atomic E-state index is -0.201. The van der Waals surface area contributed by atoms with Crippen LogP contribution in [0.3, 0.4) is 0 Å². The van der Waals surface area contributed by atoms with Crippen molar-refractivity contribution in [1.82, 2.24) is 14.9 Å². The summed E-state index contributed by atoms with van der Waals surface area (Å²) >= 11 is 0. The molecule has 1 aromatic heterocycles. The van der Waals surface area contributed by atoms with Gasteiger partial charge in [0, 0.05) is 25.1 Å². The van der Waals surface area contributed by atoms with Gasteiger partial charge in [-0.3, -0.25) is 4.79 Å². The number of fused-ring (bicyclic) bond motifs is 1. The van der Waals surface area contributed by atoms with E-state index in [0.29, 0.717) is 30.8 Å². The molecule has 0 saturated carbocycles. The van der Waals surface area contributed by atoms with Crippen LogP contribution in [0.15, 0.2) is 53.3 Å². The van der Waals surface area contributed by atoms with Crippen LogP contribution in [0.25, 0.3) is 0 Å². The number of nitrogens with zero attached hydrogens (tertiary/aromatic N) is 2. The number of hydrogen-bond donors (Lipinski definition) is 2. The van der Waals surface area contributed by atoms with Crippen LogP contribution < -0.4 is 10.9 Å². The maximum atomic E-state index is 12.7. The quantitative estimate of drug-likeness (QED) is 0.720. The van der Waals surface area contributed by atoms with Crippen molar-refractivity contribution in [3.8, 4) is 0 Å². The number of amides is 2. The first kappa shape index (κ1) is 18.9. The number of aromatic nitrogens is 2. The number of rotatable bonds is 3. The second-order valence-corrected chi connectivity index (χ2v) is 7.46. The molecule has 0 saturated heterocycles. The van der Waals surface area contributed by atoms with Crippen molar-refractivity contribution >= 4 is 11.7 Å². The van der Waals surface area contributed by atoms with Crippen molar-refractivity contribution in [2.45, 2.75) is 33.2 Å². The Hall–Kier alpha value is -3.41. The second-order valence-electron chi connectivity index (χ2n) is 7.46. The van der Waals surface area contributed by atoms with Crippen LogP contribution in [-0.2, 0) is 19.4 Å². The molecule has 6 nitrogen and oxygen atoms in total. The smallest absolute Gasteiger partial charge is 0.320 e. The molecule has 2 amide bonds. The highest BCUT2D eigenvalue weighted by molar-refractivity contribution is 5.90. The van der Waals surface area contributed by atoms with E-state index in [1.165, 1.54) is 5.56 Å². The Bertz CT molecular complexity index is 1120. The van der Waals surface area contributed by atoms with Crippen molar-refractivity contribution in [3.63, 3.8) is 0 Å². The van der Waals surface area contributed by atoms with E-state index < -0.39 is 0 Å². The van der Waals surface area contributed by atoms with E-state index in [4.69, 9.17) is 0 Å². The van der Waals surface area contributed by atoms with Gasteiger partial charge in [0.15, 0.2) is 0 Å². The fourth-order valence-corrected chi connectivity index (χ4v) is 3.63. The maximum absolute atomic E-state index is 12.7. The second kappa shape index (κ2) is 7.91. The number of anilines is 1. The Labute approximate surface area is 169 Å². The van der Waals surface area contributed by atoms with E-state index in [1.54, 1.807) is 4.90 Å². The fourth-order valence-electron chi connectivity index (χ4n) is 3.63. The van der Waals surface area contributed by atoms with Crippen LogP contribution in [0.4, 0.5) is 10.5 Å². The van der Waals surface area contributed by atoms with Gasteiger partial charge in [0.2, 0.25) is 0 Å². The molecule has 148 valence electrons. The molecule has 29 heavy (non-hydrogen) atoms. The lowest BCUT2D eigenvalue weighted by atomic mass is 10.0. The lowest BCUT2D eigenvalue weighted by Gasteiger charge is -2.28. The number of urea groups is 1. The summed E-state index contributed by atoms with van der Waals surface area (Å²) < 4.78 is 0. The summed E-state index contributed by atoms with van der Waals surface area (Å²) in [6, 6.07) is 15.5. The molecule has 0 unspecified atom stereocenters. The zero-order chi connectivity index (χ0) is 20.4. The topological polar surface area (TPSA) is 78.1 Å².